The van der Waals surface area contributed by atoms with Crippen LogP contribution in [0.2, 0.25) is 5.15 Å². The molecule has 0 saturated heterocycles. The predicted molar refractivity (Wildman–Crippen MR) is 102 cm³/mol. The monoisotopic (exact) mass is 378 g/mol. The number of anilines is 2. The van der Waals surface area contributed by atoms with Crippen molar-refractivity contribution in [1.29, 1.82) is 0 Å². The van der Waals surface area contributed by atoms with Gasteiger partial charge in [0.15, 0.2) is 22.5 Å². The summed E-state index contributed by atoms with van der Waals surface area (Å²) in [5, 5.41) is 2.63. The van der Waals surface area contributed by atoms with Crippen LogP contribution in [0.1, 0.15) is 28.9 Å². The minimum atomic E-state index is -0.484. The summed E-state index contributed by atoms with van der Waals surface area (Å²) in [7, 11) is 1.64. The van der Waals surface area contributed by atoms with Gasteiger partial charge in [0.05, 0.1) is 7.11 Å². The summed E-state index contributed by atoms with van der Waals surface area (Å²) in [6.07, 6.45) is 2.56. The topological polar surface area (TPSA) is 142 Å². The zero-order valence-electron chi connectivity index (χ0n) is 14.5. The van der Waals surface area contributed by atoms with Gasteiger partial charge in [-0.2, -0.15) is 0 Å². The van der Waals surface area contributed by atoms with E-state index in [1.54, 1.807) is 7.11 Å². The Kier molecular flexibility index (Phi) is 6.99. The van der Waals surface area contributed by atoms with Gasteiger partial charge in [-0.05, 0) is 37.0 Å². The van der Waals surface area contributed by atoms with E-state index < -0.39 is 5.91 Å². The largest absolute Gasteiger partial charge is 0.497 e. The lowest BCUT2D eigenvalue weighted by Crippen LogP contribution is -2.38. The highest BCUT2D eigenvalue weighted by Crippen LogP contribution is 2.17. The number of carbonyl (C=O) groups is 1. The molecule has 1 aromatic heterocycles. The van der Waals surface area contributed by atoms with Gasteiger partial charge < -0.3 is 27.3 Å². The normalized spacial score (nSPS) is 11.8. The van der Waals surface area contributed by atoms with E-state index in [9.17, 15) is 4.79 Å². The fourth-order valence-corrected chi connectivity index (χ4v) is 2.51. The lowest BCUT2D eigenvalue weighted by atomic mass is 10.0. The maximum absolute atomic E-state index is 12.1. The van der Waals surface area contributed by atoms with E-state index in [4.69, 9.17) is 33.5 Å². The smallest absolute Gasteiger partial charge is 0.273 e. The molecule has 8 nitrogen and oxygen atoms in total. The molecule has 0 saturated carbocycles. The van der Waals surface area contributed by atoms with E-state index >= 15 is 0 Å². The summed E-state index contributed by atoms with van der Waals surface area (Å²) < 4.78 is 5.13. The minimum absolute atomic E-state index is 0.0176. The standard InChI is InChI=1S/C17H23ClN6O2/c1-26-12-7-5-10(6-8-12)3-2-4-11(19)9-22-17(25)13-15(20)24-16(21)14(18)23-13/h5-8,11H,2-4,9,19H2,1H3,(H,22,25)(H4,20,21,24). The van der Waals surface area contributed by atoms with Crippen molar-refractivity contribution in [2.24, 2.45) is 5.73 Å². The Labute approximate surface area is 157 Å². The second kappa shape index (κ2) is 9.21. The average molecular weight is 379 g/mol. The van der Waals surface area contributed by atoms with Crippen LogP contribution in [0, 0.1) is 0 Å². The van der Waals surface area contributed by atoms with Crippen molar-refractivity contribution in [2.75, 3.05) is 25.1 Å². The number of halogens is 1. The molecular formula is C17H23ClN6O2. The zero-order chi connectivity index (χ0) is 19.1. The molecule has 0 bridgehead atoms. The van der Waals surface area contributed by atoms with Gasteiger partial charge in [0.2, 0.25) is 0 Å². The number of aryl methyl sites for hydroxylation is 1. The van der Waals surface area contributed by atoms with Crippen molar-refractivity contribution in [1.82, 2.24) is 15.3 Å². The number of methoxy groups -OCH3 is 1. The van der Waals surface area contributed by atoms with E-state index in [0.29, 0.717) is 6.54 Å². The summed E-state index contributed by atoms with van der Waals surface area (Å²) in [5.74, 6) is 0.259. The van der Waals surface area contributed by atoms with Crippen LogP contribution in [0.25, 0.3) is 0 Å². The predicted octanol–water partition coefficient (Wildman–Crippen LogP) is 1.38. The number of benzene rings is 1. The zero-order valence-corrected chi connectivity index (χ0v) is 15.3. The molecule has 2 aromatic rings. The van der Waals surface area contributed by atoms with E-state index in [1.807, 2.05) is 24.3 Å². The summed E-state index contributed by atoms with van der Waals surface area (Å²) >= 11 is 5.77. The van der Waals surface area contributed by atoms with Crippen LogP contribution in [0.4, 0.5) is 11.6 Å². The Hall–Kier alpha value is -2.58. The molecule has 1 aromatic carbocycles. The molecule has 0 radical (unpaired) electrons. The van der Waals surface area contributed by atoms with Crippen LogP contribution < -0.4 is 27.3 Å². The first-order chi connectivity index (χ1) is 12.4. The van der Waals surface area contributed by atoms with Crippen molar-refractivity contribution in [3.05, 3.63) is 40.7 Å². The molecule has 0 aliphatic rings. The molecule has 0 aliphatic heterocycles. The number of amides is 1. The molecule has 26 heavy (non-hydrogen) atoms. The third-order valence-corrected chi connectivity index (χ3v) is 4.12. The van der Waals surface area contributed by atoms with Crippen molar-refractivity contribution in [3.8, 4) is 5.75 Å². The van der Waals surface area contributed by atoms with Crippen molar-refractivity contribution in [3.63, 3.8) is 0 Å². The molecule has 0 aliphatic carbocycles. The van der Waals surface area contributed by atoms with Gasteiger partial charge in [0, 0.05) is 12.6 Å². The summed E-state index contributed by atoms with van der Waals surface area (Å²) in [6, 6.07) is 7.73. The molecule has 0 spiro atoms. The summed E-state index contributed by atoms with van der Waals surface area (Å²) in [4.78, 5) is 19.8. The Balaban J connectivity index is 1.76. The maximum Gasteiger partial charge on any atom is 0.273 e. The highest BCUT2D eigenvalue weighted by molar-refractivity contribution is 6.31. The molecule has 7 N–H and O–H groups in total. The van der Waals surface area contributed by atoms with Gasteiger partial charge >= 0.3 is 0 Å². The quantitative estimate of drug-likeness (QED) is 0.543. The SMILES string of the molecule is COc1ccc(CCCC(N)CNC(=O)c2nc(Cl)c(N)nc2N)cc1. The Morgan fingerprint density at radius 3 is 2.58 bits per heavy atom. The maximum atomic E-state index is 12.1. The second-order valence-corrected chi connectivity index (χ2v) is 6.20. The molecule has 0 fully saturated rings. The van der Waals surface area contributed by atoms with Gasteiger partial charge in [-0.15, -0.1) is 0 Å². The van der Waals surface area contributed by atoms with Gasteiger partial charge in [0.1, 0.15) is 5.75 Å². The van der Waals surface area contributed by atoms with Gasteiger partial charge in [-0.25, -0.2) is 9.97 Å². The Morgan fingerprint density at radius 2 is 1.92 bits per heavy atom. The molecule has 1 heterocycles. The molecule has 1 unspecified atom stereocenters. The summed E-state index contributed by atoms with van der Waals surface area (Å²) in [6.45, 7) is 0.296. The van der Waals surface area contributed by atoms with Crippen LogP contribution in [-0.2, 0) is 6.42 Å². The fraction of sp³-hybridized carbons (Fsp3) is 0.353. The van der Waals surface area contributed by atoms with Crippen molar-refractivity contribution in [2.45, 2.75) is 25.3 Å². The number of nitrogens with zero attached hydrogens (tertiary/aromatic N) is 2. The number of nitrogen functional groups attached to an aromatic ring is 2. The second-order valence-electron chi connectivity index (χ2n) is 5.84. The van der Waals surface area contributed by atoms with Gasteiger partial charge in [-0.1, -0.05) is 23.7 Å². The van der Waals surface area contributed by atoms with Crippen LogP contribution in [0.15, 0.2) is 24.3 Å². The van der Waals surface area contributed by atoms with E-state index in [1.165, 1.54) is 5.56 Å². The van der Waals surface area contributed by atoms with Crippen LogP contribution in [-0.4, -0.2) is 35.6 Å². The highest BCUT2D eigenvalue weighted by atomic mass is 35.5. The first-order valence-electron chi connectivity index (χ1n) is 8.16. The number of rotatable bonds is 8. The highest BCUT2D eigenvalue weighted by Gasteiger charge is 2.16. The van der Waals surface area contributed by atoms with E-state index in [2.05, 4.69) is 15.3 Å². The van der Waals surface area contributed by atoms with Crippen molar-refractivity contribution >= 4 is 29.1 Å². The van der Waals surface area contributed by atoms with Gasteiger partial charge in [0.25, 0.3) is 5.91 Å². The van der Waals surface area contributed by atoms with Crippen LogP contribution >= 0.6 is 11.6 Å². The number of aromatic nitrogens is 2. The number of nitrogens with two attached hydrogens (primary N) is 3. The molecule has 140 valence electrons. The lowest BCUT2D eigenvalue weighted by molar-refractivity contribution is 0.0946. The molecule has 1 amide bonds. The minimum Gasteiger partial charge on any atom is -0.497 e. The fourth-order valence-electron chi connectivity index (χ4n) is 2.38. The molecular weight excluding hydrogens is 356 g/mol. The lowest BCUT2D eigenvalue weighted by Gasteiger charge is -2.13. The molecule has 9 heteroatoms. The Bertz CT molecular complexity index is 754. The molecule has 1 atom stereocenters. The first-order valence-corrected chi connectivity index (χ1v) is 8.53. The number of ether oxygens (including phenoxy) is 1. The average Bonchev–Trinajstić information content (AvgIpc) is 2.63. The number of hydrogen-bond donors (Lipinski definition) is 4. The summed E-state index contributed by atoms with van der Waals surface area (Å²) in [5.41, 5.74) is 18.3. The van der Waals surface area contributed by atoms with E-state index in [-0.39, 0.29) is 28.5 Å². The van der Waals surface area contributed by atoms with Crippen molar-refractivity contribution < 1.29 is 9.53 Å². The Morgan fingerprint density at radius 1 is 1.23 bits per heavy atom. The number of hydrogen-bond acceptors (Lipinski definition) is 7. The van der Waals surface area contributed by atoms with Gasteiger partial charge in [-0.3, -0.25) is 4.79 Å². The van der Waals surface area contributed by atoms with Crippen LogP contribution in [0.5, 0.6) is 5.75 Å². The third kappa shape index (κ3) is 5.47. The number of carbonyl (C=O) groups excluding carboxylic acids is 1. The van der Waals surface area contributed by atoms with Crippen LogP contribution in [0.3, 0.4) is 0 Å². The third-order valence-electron chi connectivity index (χ3n) is 3.84. The molecule has 2 rings (SSSR count). The number of nitrogens with one attached hydrogen (secondary N) is 1. The van der Waals surface area contributed by atoms with E-state index in [0.717, 1.165) is 25.0 Å². The first kappa shape index (κ1) is 19.7.